The van der Waals surface area contributed by atoms with Crippen molar-refractivity contribution in [2.45, 2.75) is 25.9 Å². The van der Waals surface area contributed by atoms with Gasteiger partial charge in [-0.1, -0.05) is 6.07 Å². The van der Waals surface area contributed by atoms with Crippen LogP contribution in [-0.2, 0) is 0 Å². The van der Waals surface area contributed by atoms with Crippen molar-refractivity contribution >= 4 is 23.1 Å². The molecule has 3 heterocycles. The summed E-state index contributed by atoms with van der Waals surface area (Å²) in [7, 11) is 1.73. The smallest absolute Gasteiger partial charge is 0.265 e. The summed E-state index contributed by atoms with van der Waals surface area (Å²) in [5, 5.41) is 11.8. The minimum atomic E-state index is -0.921. The molecule has 0 aliphatic carbocycles. The summed E-state index contributed by atoms with van der Waals surface area (Å²) in [4.78, 5) is 25.6. The van der Waals surface area contributed by atoms with Crippen LogP contribution < -0.4 is 4.90 Å². The van der Waals surface area contributed by atoms with Crippen LogP contribution in [0.4, 0.5) is 5.82 Å². The molecule has 2 aromatic heterocycles. The highest BCUT2D eigenvalue weighted by Gasteiger charge is 2.38. The van der Waals surface area contributed by atoms with Gasteiger partial charge in [0.1, 0.15) is 16.3 Å². The van der Waals surface area contributed by atoms with Crippen LogP contribution in [0.2, 0.25) is 0 Å². The van der Waals surface area contributed by atoms with E-state index in [0.717, 1.165) is 23.1 Å². The summed E-state index contributed by atoms with van der Waals surface area (Å²) in [5.41, 5.74) is -0.168. The molecular formula is C17H22N4O2S. The summed E-state index contributed by atoms with van der Waals surface area (Å²) in [6, 6.07) is 5.74. The highest BCUT2D eigenvalue weighted by atomic mass is 32.1. The second-order valence-electron chi connectivity index (χ2n) is 6.39. The Balaban J connectivity index is 1.67. The molecule has 1 atom stereocenters. The third kappa shape index (κ3) is 3.42. The maximum Gasteiger partial charge on any atom is 0.265 e. The van der Waals surface area contributed by atoms with E-state index in [2.05, 4.69) is 14.9 Å². The molecule has 1 amide bonds. The number of rotatable bonds is 4. The average Bonchev–Trinajstić information content (AvgIpc) is 3.10. The third-order valence-corrected chi connectivity index (χ3v) is 5.34. The van der Waals surface area contributed by atoms with Crippen molar-refractivity contribution in [3.8, 4) is 0 Å². The Labute approximate surface area is 145 Å². The van der Waals surface area contributed by atoms with Crippen LogP contribution in [0.25, 0.3) is 0 Å². The Morgan fingerprint density at radius 3 is 2.88 bits per heavy atom. The predicted molar refractivity (Wildman–Crippen MR) is 94.6 cm³/mol. The first-order valence-corrected chi connectivity index (χ1v) is 8.77. The number of nitrogens with zero attached hydrogens (tertiary/aromatic N) is 4. The number of carbonyl (C=O) groups excluding carboxylic acids is 1. The molecule has 128 valence electrons. The molecule has 2 aromatic rings. The quantitative estimate of drug-likeness (QED) is 0.915. The highest BCUT2D eigenvalue weighted by Crippen LogP contribution is 2.27. The van der Waals surface area contributed by atoms with E-state index in [-0.39, 0.29) is 5.91 Å². The molecule has 0 bridgehead atoms. The molecule has 6 nitrogen and oxygen atoms in total. The maximum atomic E-state index is 12.6. The first kappa shape index (κ1) is 16.9. The van der Waals surface area contributed by atoms with E-state index >= 15 is 0 Å². The minimum Gasteiger partial charge on any atom is -0.386 e. The van der Waals surface area contributed by atoms with Crippen LogP contribution in [0.3, 0.4) is 0 Å². The van der Waals surface area contributed by atoms with Crippen LogP contribution in [0.1, 0.15) is 26.8 Å². The van der Waals surface area contributed by atoms with Gasteiger partial charge in [0.05, 0.1) is 17.2 Å². The van der Waals surface area contributed by atoms with Crippen LogP contribution >= 0.6 is 11.3 Å². The van der Waals surface area contributed by atoms with E-state index in [1.807, 2.05) is 32.0 Å². The molecule has 0 spiro atoms. The molecular weight excluding hydrogens is 324 g/mol. The third-order valence-electron chi connectivity index (χ3n) is 4.28. The van der Waals surface area contributed by atoms with Crippen molar-refractivity contribution in [1.82, 2.24) is 14.9 Å². The Kier molecular flexibility index (Phi) is 4.56. The standard InChI is InChI=1S/C17H22N4O2S/c1-12-15(24-13(2)19-12)16(22)20(3)10-17(23)7-9-21(11-17)14-6-4-5-8-18-14/h4-6,8,23H,7,9-11H2,1-3H3/t17-/m0/s1. The number of hydrogen-bond donors (Lipinski definition) is 1. The topological polar surface area (TPSA) is 69.6 Å². The van der Waals surface area contributed by atoms with Gasteiger partial charge in [0.15, 0.2) is 0 Å². The number of likely N-dealkylation sites (N-methyl/N-ethyl adjacent to an activating group) is 1. The van der Waals surface area contributed by atoms with Crippen LogP contribution in [0, 0.1) is 13.8 Å². The molecule has 1 saturated heterocycles. The van der Waals surface area contributed by atoms with Gasteiger partial charge in [-0.05, 0) is 32.4 Å². The monoisotopic (exact) mass is 346 g/mol. The molecule has 0 saturated carbocycles. The van der Waals surface area contributed by atoms with Gasteiger partial charge in [-0.3, -0.25) is 4.79 Å². The van der Waals surface area contributed by atoms with Crippen molar-refractivity contribution in [3.63, 3.8) is 0 Å². The number of anilines is 1. The Morgan fingerprint density at radius 2 is 2.25 bits per heavy atom. The summed E-state index contributed by atoms with van der Waals surface area (Å²) in [6.07, 6.45) is 2.36. The molecule has 7 heteroatoms. The van der Waals surface area contributed by atoms with Crippen molar-refractivity contribution in [3.05, 3.63) is 40.0 Å². The van der Waals surface area contributed by atoms with Gasteiger partial charge >= 0.3 is 0 Å². The molecule has 24 heavy (non-hydrogen) atoms. The van der Waals surface area contributed by atoms with Crippen LogP contribution in [-0.4, -0.2) is 58.2 Å². The Bertz CT molecular complexity index is 733. The summed E-state index contributed by atoms with van der Waals surface area (Å²) >= 11 is 1.40. The first-order chi connectivity index (χ1) is 11.4. The van der Waals surface area contributed by atoms with E-state index in [1.165, 1.54) is 11.3 Å². The largest absolute Gasteiger partial charge is 0.386 e. The minimum absolute atomic E-state index is 0.0807. The number of pyridine rings is 1. The summed E-state index contributed by atoms with van der Waals surface area (Å²) in [6.45, 7) is 5.24. The van der Waals surface area contributed by atoms with Crippen molar-refractivity contribution in [1.29, 1.82) is 0 Å². The lowest BCUT2D eigenvalue weighted by Gasteiger charge is -2.29. The average molecular weight is 346 g/mol. The lowest BCUT2D eigenvalue weighted by Crippen LogP contribution is -2.45. The van der Waals surface area contributed by atoms with Crippen molar-refractivity contribution < 1.29 is 9.90 Å². The van der Waals surface area contributed by atoms with Gasteiger partial charge in [-0.25, -0.2) is 9.97 Å². The van der Waals surface area contributed by atoms with Gasteiger partial charge in [0.2, 0.25) is 0 Å². The number of aromatic nitrogens is 2. The second-order valence-corrected chi connectivity index (χ2v) is 7.60. The number of thiazole rings is 1. The number of aryl methyl sites for hydroxylation is 2. The van der Waals surface area contributed by atoms with Crippen molar-refractivity contribution in [2.24, 2.45) is 0 Å². The van der Waals surface area contributed by atoms with Crippen LogP contribution in [0.5, 0.6) is 0 Å². The number of carbonyl (C=O) groups is 1. The molecule has 0 radical (unpaired) electrons. The lowest BCUT2D eigenvalue weighted by atomic mass is 10.0. The fourth-order valence-electron chi connectivity index (χ4n) is 3.14. The fraction of sp³-hybridized carbons (Fsp3) is 0.471. The zero-order valence-electron chi connectivity index (χ0n) is 14.2. The van der Waals surface area contributed by atoms with E-state index in [4.69, 9.17) is 0 Å². The van der Waals surface area contributed by atoms with Gasteiger partial charge in [0.25, 0.3) is 5.91 Å². The van der Waals surface area contributed by atoms with E-state index in [1.54, 1.807) is 18.1 Å². The number of aliphatic hydroxyl groups is 1. The zero-order valence-corrected chi connectivity index (χ0v) is 15.0. The Hall–Kier alpha value is -1.99. The number of hydrogen-bond acceptors (Lipinski definition) is 6. The lowest BCUT2D eigenvalue weighted by molar-refractivity contribution is 0.0266. The van der Waals surface area contributed by atoms with Gasteiger partial charge in [-0.2, -0.15) is 0 Å². The Morgan fingerprint density at radius 1 is 1.46 bits per heavy atom. The molecule has 1 fully saturated rings. The van der Waals surface area contributed by atoms with Gasteiger partial charge in [-0.15, -0.1) is 11.3 Å². The van der Waals surface area contributed by atoms with Crippen molar-refractivity contribution in [2.75, 3.05) is 31.6 Å². The van der Waals surface area contributed by atoms with E-state index in [9.17, 15) is 9.90 Å². The summed E-state index contributed by atoms with van der Waals surface area (Å²) in [5.74, 6) is 0.777. The second kappa shape index (κ2) is 6.49. The molecule has 0 unspecified atom stereocenters. The zero-order chi connectivity index (χ0) is 17.3. The first-order valence-electron chi connectivity index (χ1n) is 7.96. The molecule has 1 N–H and O–H groups in total. The van der Waals surface area contributed by atoms with E-state index < -0.39 is 5.60 Å². The fourth-order valence-corrected chi connectivity index (χ4v) is 4.05. The van der Waals surface area contributed by atoms with E-state index in [0.29, 0.717) is 24.4 Å². The number of amides is 1. The maximum absolute atomic E-state index is 12.6. The molecule has 3 rings (SSSR count). The predicted octanol–water partition coefficient (Wildman–Crippen LogP) is 1.87. The highest BCUT2D eigenvalue weighted by molar-refractivity contribution is 7.13. The van der Waals surface area contributed by atoms with Gasteiger partial charge < -0.3 is 14.9 Å². The molecule has 1 aliphatic heterocycles. The van der Waals surface area contributed by atoms with Crippen LogP contribution in [0.15, 0.2) is 24.4 Å². The SMILES string of the molecule is Cc1nc(C)c(C(=O)N(C)C[C@@]2(O)CCN(c3ccccn3)C2)s1. The van der Waals surface area contributed by atoms with Gasteiger partial charge in [0, 0.05) is 26.3 Å². The summed E-state index contributed by atoms with van der Waals surface area (Å²) < 4.78 is 0. The molecule has 0 aromatic carbocycles. The molecule has 1 aliphatic rings. The normalized spacial score (nSPS) is 20.4. The number of β-amino-alcohol motifs (C(OH)–C–C–N with tert-alkyl or cyclic N) is 1.